The Bertz CT molecular complexity index is 221. The van der Waals surface area contributed by atoms with Gasteiger partial charge in [-0.1, -0.05) is 0 Å². The van der Waals surface area contributed by atoms with Gasteiger partial charge in [-0.3, -0.25) is 0 Å². The molecule has 0 radical (unpaired) electrons. The van der Waals surface area contributed by atoms with Crippen molar-refractivity contribution < 1.29 is 9.47 Å². The molecule has 2 unspecified atom stereocenters. The lowest BCUT2D eigenvalue weighted by atomic mass is 9.94. The molecule has 0 aromatic carbocycles. The smallest absolute Gasteiger partial charge is 0.166 e. The minimum absolute atomic E-state index is 0.216. The number of ether oxygens (including phenoxy) is 2. The lowest BCUT2D eigenvalue weighted by Gasteiger charge is -2.30. The van der Waals surface area contributed by atoms with Crippen LogP contribution in [0.15, 0.2) is 0 Å². The molecule has 0 aromatic rings. The van der Waals surface area contributed by atoms with Gasteiger partial charge in [-0.05, 0) is 50.2 Å². The van der Waals surface area contributed by atoms with Crippen molar-refractivity contribution in [2.75, 3.05) is 24.7 Å². The second-order valence-electron chi connectivity index (χ2n) is 5.02. The Morgan fingerprint density at radius 3 is 2.81 bits per heavy atom. The molecule has 16 heavy (non-hydrogen) atoms. The monoisotopic (exact) mass is 245 g/mol. The maximum absolute atomic E-state index is 5.98. The average molecular weight is 245 g/mol. The number of thioether (sulfide) groups is 1. The third kappa shape index (κ3) is 3.36. The first-order valence-corrected chi connectivity index (χ1v) is 7.47. The lowest BCUT2D eigenvalue weighted by molar-refractivity contribution is -0.166. The molecule has 3 nitrogen and oxygen atoms in total. The minimum atomic E-state index is -0.341. The number of hydrogen-bond acceptors (Lipinski definition) is 4. The van der Waals surface area contributed by atoms with E-state index in [2.05, 4.69) is 18.7 Å². The van der Waals surface area contributed by atoms with E-state index in [9.17, 15) is 0 Å². The molecule has 2 heterocycles. The molecule has 0 bridgehead atoms. The molecule has 0 aliphatic carbocycles. The van der Waals surface area contributed by atoms with Gasteiger partial charge in [0.05, 0.1) is 12.7 Å². The highest BCUT2D eigenvalue weighted by Gasteiger charge is 2.38. The SMILES string of the molecule is CC1(CC2CCSCC2)OCC(CCN)O1. The summed E-state index contributed by atoms with van der Waals surface area (Å²) in [7, 11) is 0. The summed E-state index contributed by atoms with van der Waals surface area (Å²) in [6, 6.07) is 0. The van der Waals surface area contributed by atoms with Crippen LogP contribution in [0, 0.1) is 5.92 Å². The van der Waals surface area contributed by atoms with E-state index in [1.807, 2.05) is 0 Å². The van der Waals surface area contributed by atoms with Crippen molar-refractivity contribution in [3.8, 4) is 0 Å². The molecule has 2 saturated heterocycles. The zero-order chi connectivity index (χ0) is 11.4. The van der Waals surface area contributed by atoms with Crippen LogP contribution >= 0.6 is 11.8 Å². The fraction of sp³-hybridized carbons (Fsp3) is 1.00. The van der Waals surface area contributed by atoms with Crippen molar-refractivity contribution >= 4 is 11.8 Å². The molecular weight excluding hydrogens is 222 g/mol. The fourth-order valence-corrected chi connectivity index (χ4v) is 3.80. The first kappa shape index (κ1) is 12.7. The van der Waals surface area contributed by atoms with Gasteiger partial charge >= 0.3 is 0 Å². The minimum Gasteiger partial charge on any atom is -0.348 e. The summed E-state index contributed by atoms with van der Waals surface area (Å²) in [6.45, 7) is 3.49. The summed E-state index contributed by atoms with van der Waals surface area (Å²) < 4.78 is 11.8. The van der Waals surface area contributed by atoms with E-state index in [-0.39, 0.29) is 11.9 Å². The van der Waals surface area contributed by atoms with Crippen LogP contribution in [0.3, 0.4) is 0 Å². The highest BCUT2D eigenvalue weighted by atomic mass is 32.2. The number of rotatable bonds is 4. The molecule has 0 spiro atoms. The van der Waals surface area contributed by atoms with Crippen molar-refractivity contribution in [3.05, 3.63) is 0 Å². The van der Waals surface area contributed by atoms with E-state index in [0.29, 0.717) is 6.54 Å². The van der Waals surface area contributed by atoms with Crippen molar-refractivity contribution in [2.24, 2.45) is 11.7 Å². The lowest BCUT2D eigenvalue weighted by Crippen LogP contribution is -2.31. The molecule has 2 atom stereocenters. The van der Waals surface area contributed by atoms with Gasteiger partial charge in [0.15, 0.2) is 5.79 Å². The fourth-order valence-electron chi connectivity index (χ4n) is 2.60. The zero-order valence-corrected chi connectivity index (χ0v) is 10.9. The van der Waals surface area contributed by atoms with Crippen molar-refractivity contribution in [3.63, 3.8) is 0 Å². The summed E-state index contributed by atoms with van der Waals surface area (Å²) in [6.07, 6.45) is 4.81. The standard InChI is InChI=1S/C12H23NO2S/c1-12(8-10-3-6-16-7-4-10)14-9-11(15-12)2-5-13/h10-11H,2-9,13H2,1H3. The first-order valence-electron chi connectivity index (χ1n) is 6.31. The van der Waals surface area contributed by atoms with Gasteiger partial charge in [0, 0.05) is 6.42 Å². The second-order valence-corrected chi connectivity index (χ2v) is 6.25. The van der Waals surface area contributed by atoms with E-state index in [0.717, 1.165) is 25.4 Å². The van der Waals surface area contributed by atoms with Gasteiger partial charge in [0.1, 0.15) is 0 Å². The number of hydrogen-bond donors (Lipinski definition) is 1. The van der Waals surface area contributed by atoms with Gasteiger partial charge < -0.3 is 15.2 Å². The molecule has 0 amide bonds. The van der Waals surface area contributed by atoms with Crippen LogP contribution in [-0.2, 0) is 9.47 Å². The quantitative estimate of drug-likeness (QED) is 0.823. The van der Waals surface area contributed by atoms with E-state index in [1.165, 1.54) is 24.3 Å². The summed E-state index contributed by atoms with van der Waals surface area (Å²) in [5.74, 6) is 3.04. The largest absolute Gasteiger partial charge is 0.348 e. The maximum Gasteiger partial charge on any atom is 0.166 e. The first-order chi connectivity index (χ1) is 7.72. The van der Waals surface area contributed by atoms with E-state index < -0.39 is 0 Å². The van der Waals surface area contributed by atoms with Gasteiger partial charge in [-0.15, -0.1) is 0 Å². The summed E-state index contributed by atoms with van der Waals surface area (Å²) in [5, 5.41) is 0. The Labute approximate surface area is 102 Å². The van der Waals surface area contributed by atoms with E-state index in [4.69, 9.17) is 15.2 Å². The average Bonchev–Trinajstić information content (AvgIpc) is 2.62. The Morgan fingerprint density at radius 1 is 1.38 bits per heavy atom. The highest BCUT2D eigenvalue weighted by molar-refractivity contribution is 7.99. The predicted octanol–water partition coefficient (Wildman–Crippen LogP) is 2.00. The van der Waals surface area contributed by atoms with Crippen molar-refractivity contribution in [1.29, 1.82) is 0 Å². The summed E-state index contributed by atoms with van der Waals surface area (Å²) in [5.41, 5.74) is 5.54. The van der Waals surface area contributed by atoms with Crippen molar-refractivity contribution in [2.45, 2.75) is 44.5 Å². The maximum atomic E-state index is 5.98. The van der Waals surface area contributed by atoms with Crippen molar-refractivity contribution in [1.82, 2.24) is 0 Å². The Morgan fingerprint density at radius 2 is 2.12 bits per heavy atom. The third-order valence-corrected chi connectivity index (χ3v) is 4.53. The molecule has 2 rings (SSSR count). The molecule has 4 heteroatoms. The zero-order valence-electron chi connectivity index (χ0n) is 10.1. The molecular formula is C12H23NO2S. The molecule has 0 aromatic heterocycles. The van der Waals surface area contributed by atoms with E-state index >= 15 is 0 Å². The van der Waals surface area contributed by atoms with Crippen LogP contribution in [-0.4, -0.2) is 36.5 Å². The summed E-state index contributed by atoms with van der Waals surface area (Å²) >= 11 is 2.07. The molecule has 2 N–H and O–H groups in total. The Kier molecular flexibility index (Phi) is 4.53. The van der Waals surface area contributed by atoms with Gasteiger partial charge in [0.2, 0.25) is 0 Å². The van der Waals surface area contributed by atoms with Gasteiger partial charge in [-0.2, -0.15) is 11.8 Å². The van der Waals surface area contributed by atoms with Crippen LogP contribution < -0.4 is 5.73 Å². The van der Waals surface area contributed by atoms with Gasteiger partial charge in [-0.25, -0.2) is 0 Å². The van der Waals surface area contributed by atoms with Gasteiger partial charge in [0.25, 0.3) is 0 Å². The molecule has 94 valence electrons. The van der Waals surface area contributed by atoms with Crippen LogP contribution in [0.2, 0.25) is 0 Å². The molecule has 2 aliphatic rings. The second kappa shape index (κ2) is 5.71. The normalized spacial score (nSPS) is 36.8. The van der Waals surface area contributed by atoms with E-state index in [1.54, 1.807) is 0 Å². The number of nitrogens with two attached hydrogens (primary N) is 1. The highest BCUT2D eigenvalue weighted by Crippen LogP contribution is 2.35. The third-order valence-electron chi connectivity index (χ3n) is 3.48. The molecule has 2 fully saturated rings. The molecule has 0 saturated carbocycles. The predicted molar refractivity (Wildman–Crippen MR) is 67.6 cm³/mol. The molecule has 2 aliphatic heterocycles. The van der Waals surface area contributed by atoms with Crippen LogP contribution in [0.5, 0.6) is 0 Å². The van der Waals surface area contributed by atoms with Crippen LogP contribution in [0.4, 0.5) is 0 Å². The Hall–Kier alpha value is 0.230. The summed E-state index contributed by atoms with van der Waals surface area (Å²) in [4.78, 5) is 0. The Balaban J connectivity index is 1.79. The van der Waals surface area contributed by atoms with Crippen LogP contribution in [0.25, 0.3) is 0 Å². The van der Waals surface area contributed by atoms with Crippen LogP contribution in [0.1, 0.15) is 32.6 Å². The topological polar surface area (TPSA) is 44.5 Å².